The lowest BCUT2D eigenvalue weighted by Gasteiger charge is -2.12. The number of amides is 1. The van der Waals surface area contributed by atoms with Crippen molar-refractivity contribution < 1.29 is 22.7 Å². The molecule has 0 aliphatic heterocycles. The van der Waals surface area contributed by atoms with Gasteiger partial charge in [-0.2, -0.15) is 13.2 Å². The second kappa shape index (κ2) is 7.53. The van der Waals surface area contributed by atoms with E-state index in [4.69, 9.17) is 0 Å². The molecule has 0 atom stereocenters. The number of rotatable bonds is 4. The van der Waals surface area contributed by atoms with Crippen LogP contribution in [0.1, 0.15) is 11.1 Å². The van der Waals surface area contributed by atoms with Crippen molar-refractivity contribution in [1.29, 1.82) is 0 Å². The van der Waals surface area contributed by atoms with Crippen LogP contribution in [0, 0.1) is 0 Å². The number of anilines is 2. The Morgan fingerprint density at radius 1 is 1.11 bits per heavy atom. The Morgan fingerprint density at radius 2 is 1.85 bits per heavy atom. The monoisotopic (exact) mass is 375 g/mol. The van der Waals surface area contributed by atoms with Crippen molar-refractivity contribution in [1.82, 2.24) is 4.98 Å². The molecule has 2 aromatic carbocycles. The van der Waals surface area contributed by atoms with E-state index in [1.807, 2.05) is 12.1 Å². The maximum Gasteiger partial charge on any atom is 0.416 e. The van der Waals surface area contributed by atoms with Crippen LogP contribution >= 0.6 is 0 Å². The fourth-order valence-electron chi connectivity index (χ4n) is 2.55. The third-order valence-corrected chi connectivity index (χ3v) is 3.94. The number of aromatic nitrogens is 1. The van der Waals surface area contributed by atoms with Crippen LogP contribution in [0.2, 0.25) is 0 Å². The average Bonchev–Trinajstić information content (AvgIpc) is 2.66. The van der Waals surface area contributed by atoms with Gasteiger partial charge >= 0.3 is 12.3 Å². The van der Waals surface area contributed by atoms with Gasteiger partial charge in [-0.1, -0.05) is 18.2 Å². The number of benzene rings is 2. The standard InChI is InChI=1S/C19H16F3N3O2/c1-27-18(26)25-14-5-2-12(3-6-14)11-24-16-8-9-23-17-10-13(19(20,21)22)4-7-15(16)17/h2-10H,11H2,1H3,(H,23,24)(H,25,26). The molecule has 1 aromatic heterocycles. The summed E-state index contributed by atoms with van der Waals surface area (Å²) in [7, 11) is 1.28. The number of fused-ring (bicyclic) bond motifs is 1. The zero-order valence-electron chi connectivity index (χ0n) is 14.3. The SMILES string of the molecule is COC(=O)Nc1ccc(CNc2ccnc3cc(C(F)(F)F)ccc23)cc1. The number of nitrogens with zero attached hydrogens (tertiary/aromatic N) is 1. The van der Waals surface area contributed by atoms with Gasteiger partial charge in [0, 0.05) is 29.5 Å². The molecular weight excluding hydrogens is 359 g/mol. The molecule has 5 nitrogen and oxygen atoms in total. The van der Waals surface area contributed by atoms with Crippen molar-refractivity contribution in [3.63, 3.8) is 0 Å². The third kappa shape index (κ3) is 4.46. The number of carbonyl (C=O) groups excluding carboxylic acids is 1. The van der Waals surface area contributed by atoms with E-state index >= 15 is 0 Å². The minimum atomic E-state index is -4.40. The molecule has 0 fully saturated rings. The smallest absolute Gasteiger partial charge is 0.416 e. The van der Waals surface area contributed by atoms with Crippen LogP contribution in [-0.4, -0.2) is 18.2 Å². The highest BCUT2D eigenvalue weighted by atomic mass is 19.4. The number of methoxy groups -OCH3 is 1. The molecule has 0 spiro atoms. The lowest BCUT2D eigenvalue weighted by Crippen LogP contribution is -2.10. The highest BCUT2D eigenvalue weighted by molar-refractivity contribution is 5.91. The number of hydrogen-bond donors (Lipinski definition) is 2. The van der Waals surface area contributed by atoms with E-state index in [9.17, 15) is 18.0 Å². The largest absolute Gasteiger partial charge is 0.453 e. The quantitative estimate of drug-likeness (QED) is 0.670. The molecule has 3 aromatic rings. The highest BCUT2D eigenvalue weighted by Gasteiger charge is 2.30. The number of carbonyl (C=O) groups is 1. The van der Waals surface area contributed by atoms with E-state index in [0.717, 1.165) is 17.7 Å². The van der Waals surface area contributed by atoms with E-state index < -0.39 is 17.8 Å². The van der Waals surface area contributed by atoms with Gasteiger partial charge in [-0.15, -0.1) is 0 Å². The molecule has 0 saturated carbocycles. The van der Waals surface area contributed by atoms with Crippen LogP contribution < -0.4 is 10.6 Å². The van der Waals surface area contributed by atoms with Gasteiger partial charge in [-0.25, -0.2) is 4.79 Å². The summed E-state index contributed by atoms with van der Waals surface area (Å²) in [6.45, 7) is 0.457. The van der Waals surface area contributed by atoms with E-state index in [2.05, 4.69) is 20.4 Å². The van der Waals surface area contributed by atoms with Crippen LogP contribution in [-0.2, 0) is 17.5 Å². The number of hydrogen-bond acceptors (Lipinski definition) is 4. The summed E-state index contributed by atoms with van der Waals surface area (Å²) in [6, 6.07) is 12.3. The summed E-state index contributed by atoms with van der Waals surface area (Å²) >= 11 is 0. The second-order valence-corrected chi connectivity index (χ2v) is 5.76. The summed E-state index contributed by atoms with van der Waals surface area (Å²) in [4.78, 5) is 15.2. The Morgan fingerprint density at radius 3 is 2.52 bits per heavy atom. The molecule has 27 heavy (non-hydrogen) atoms. The van der Waals surface area contributed by atoms with Gasteiger partial charge in [0.1, 0.15) is 0 Å². The molecule has 140 valence electrons. The van der Waals surface area contributed by atoms with E-state index in [0.29, 0.717) is 23.3 Å². The summed E-state index contributed by atoms with van der Waals surface area (Å²) in [5.74, 6) is 0. The summed E-state index contributed by atoms with van der Waals surface area (Å²) in [6.07, 6.45) is -3.49. The zero-order chi connectivity index (χ0) is 19.4. The minimum absolute atomic E-state index is 0.271. The van der Waals surface area contributed by atoms with E-state index in [1.165, 1.54) is 19.4 Å². The molecular formula is C19H16F3N3O2. The topological polar surface area (TPSA) is 63.2 Å². The van der Waals surface area contributed by atoms with Gasteiger partial charge in [0.05, 0.1) is 18.2 Å². The number of pyridine rings is 1. The number of halogens is 3. The normalized spacial score (nSPS) is 11.3. The summed E-state index contributed by atoms with van der Waals surface area (Å²) in [5.41, 5.74) is 1.76. The van der Waals surface area contributed by atoms with Crippen LogP contribution in [0.4, 0.5) is 29.3 Å². The third-order valence-electron chi connectivity index (χ3n) is 3.94. The highest BCUT2D eigenvalue weighted by Crippen LogP contribution is 2.32. The Bertz CT molecular complexity index is 957. The fraction of sp³-hybridized carbons (Fsp3) is 0.158. The molecule has 3 rings (SSSR count). The van der Waals surface area contributed by atoms with Gasteiger partial charge in [-0.3, -0.25) is 10.3 Å². The Labute approximate surface area is 153 Å². The van der Waals surface area contributed by atoms with Gasteiger partial charge in [-0.05, 0) is 35.9 Å². The maximum atomic E-state index is 12.8. The lowest BCUT2D eigenvalue weighted by atomic mass is 10.1. The maximum absolute atomic E-state index is 12.8. The lowest BCUT2D eigenvalue weighted by molar-refractivity contribution is -0.137. The molecule has 2 N–H and O–H groups in total. The molecule has 0 aliphatic rings. The van der Waals surface area contributed by atoms with Gasteiger partial charge in [0.2, 0.25) is 0 Å². The van der Waals surface area contributed by atoms with Crippen LogP contribution in [0.15, 0.2) is 54.7 Å². The molecule has 1 heterocycles. The molecule has 8 heteroatoms. The second-order valence-electron chi connectivity index (χ2n) is 5.76. The van der Waals surface area contributed by atoms with Crippen molar-refractivity contribution in [3.8, 4) is 0 Å². The number of alkyl halides is 3. The first kappa shape index (κ1) is 18.5. The molecule has 0 unspecified atom stereocenters. The van der Waals surface area contributed by atoms with Crippen molar-refractivity contribution in [3.05, 3.63) is 65.9 Å². The van der Waals surface area contributed by atoms with Crippen LogP contribution in [0.5, 0.6) is 0 Å². The average molecular weight is 375 g/mol. The van der Waals surface area contributed by atoms with Crippen LogP contribution in [0.25, 0.3) is 10.9 Å². The van der Waals surface area contributed by atoms with Crippen molar-refractivity contribution in [2.45, 2.75) is 12.7 Å². The van der Waals surface area contributed by atoms with Gasteiger partial charge in [0.15, 0.2) is 0 Å². The van der Waals surface area contributed by atoms with E-state index in [-0.39, 0.29) is 5.52 Å². The molecule has 0 aliphatic carbocycles. The number of ether oxygens (including phenoxy) is 1. The van der Waals surface area contributed by atoms with Gasteiger partial charge < -0.3 is 10.1 Å². The molecule has 1 amide bonds. The van der Waals surface area contributed by atoms with Crippen molar-refractivity contribution in [2.24, 2.45) is 0 Å². The predicted molar refractivity (Wildman–Crippen MR) is 96.5 cm³/mol. The number of nitrogens with one attached hydrogen (secondary N) is 2. The Kier molecular flexibility index (Phi) is 5.16. The Balaban J connectivity index is 1.74. The van der Waals surface area contributed by atoms with Crippen LogP contribution in [0.3, 0.4) is 0 Å². The zero-order valence-corrected chi connectivity index (χ0v) is 14.3. The first-order valence-corrected chi connectivity index (χ1v) is 8.00. The first-order chi connectivity index (χ1) is 12.9. The molecule has 0 radical (unpaired) electrons. The fourth-order valence-corrected chi connectivity index (χ4v) is 2.55. The summed E-state index contributed by atoms with van der Waals surface area (Å²) in [5, 5.41) is 6.36. The predicted octanol–water partition coefficient (Wildman–Crippen LogP) is 5.04. The summed E-state index contributed by atoms with van der Waals surface area (Å²) < 4.78 is 43.0. The minimum Gasteiger partial charge on any atom is -0.453 e. The van der Waals surface area contributed by atoms with E-state index in [1.54, 1.807) is 18.2 Å². The van der Waals surface area contributed by atoms with Crippen molar-refractivity contribution >= 4 is 28.4 Å². The molecule has 0 bridgehead atoms. The van der Waals surface area contributed by atoms with Gasteiger partial charge in [0.25, 0.3) is 0 Å². The van der Waals surface area contributed by atoms with Crippen molar-refractivity contribution in [2.75, 3.05) is 17.7 Å². The Hall–Kier alpha value is -3.29. The molecule has 0 saturated heterocycles. The first-order valence-electron chi connectivity index (χ1n) is 8.00.